The summed E-state index contributed by atoms with van der Waals surface area (Å²) in [5.41, 5.74) is 0.690. The van der Waals surface area contributed by atoms with Crippen molar-refractivity contribution in [1.29, 1.82) is 0 Å². The molecule has 0 radical (unpaired) electrons. The van der Waals surface area contributed by atoms with Gasteiger partial charge >= 0.3 is 0 Å². The molecule has 0 bridgehead atoms. The summed E-state index contributed by atoms with van der Waals surface area (Å²) < 4.78 is 13.9. The van der Waals surface area contributed by atoms with Crippen molar-refractivity contribution in [3.8, 4) is 0 Å². The summed E-state index contributed by atoms with van der Waals surface area (Å²) in [6.07, 6.45) is 1.02. The van der Waals surface area contributed by atoms with Crippen molar-refractivity contribution in [2.24, 2.45) is 0 Å². The van der Waals surface area contributed by atoms with Gasteiger partial charge in [-0.15, -0.1) is 0 Å². The molecular formula is C17H22FN3O2. The van der Waals surface area contributed by atoms with E-state index in [1.807, 2.05) is 19.1 Å². The second-order valence-corrected chi connectivity index (χ2v) is 6.22. The first-order valence-electron chi connectivity index (χ1n) is 8.13. The lowest BCUT2D eigenvalue weighted by molar-refractivity contribution is -0.136. The van der Waals surface area contributed by atoms with Crippen LogP contribution in [-0.4, -0.2) is 53.8 Å². The zero-order chi connectivity index (χ0) is 16.4. The standard InChI is InChI=1S/C17H22FN3O2/c1-12(13-4-2-3-5-14(13)18)20-8-10-21(11-9-20)17(23)15-6-7-16(22)19-15/h2-5,12,15H,6-11H2,1H3,(H,19,22)/t12-,15-/m0/s1. The molecule has 2 amide bonds. The van der Waals surface area contributed by atoms with Gasteiger partial charge in [-0.05, 0) is 19.4 Å². The minimum Gasteiger partial charge on any atom is -0.344 e. The zero-order valence-corrected chi connectivity index (χ0v) is 13.3. The van der Waals surface area contributed by atoms with Crippen LogP contribution >= 0.6 is 0 Å². The van der Waals surface area contributed by atoms with Gasteiger partial charge in [-0.25, -0.2) is 4.39 Å². The summed E-state index contributed by atoms with van der Waals surface area (Å²) in [5, 5.41) is 2.72. The molecule has 0 spiro atoms. The Morgan fingerprint density at radius 1 is 1.26 bits per heavy atom. The molecule has 2 heterocycles. The van der Waals surface area contributed by atoms with E-state index in [4.69, 9.17) is 0 Å². The first-order chi connectivity index (χ1) is 11.1. The average molecular weight is 319 g/mol. The van der Waals surface area contributed by atoms with E-state index >= 15 is 0 Å². The maximum absolute atomic E-state index is 13.9. The number of carbonyl (C=O) groups excluding carboxylic acids is 2. The Morgan fingerprint density at radius 2 is 1.96 bits per heavy atom. The Morgan fingerprint density at radius 3 is 2.57 bits per heavy atom. The van der Waals surface area contributed by atoms with Gasteiger partial charge < -0.3 is 10.2 Å². The topological polar surface area (TPSA) is 52.7 Å². The summed E-state index contributed by atoms with van der Waals surface area (Å²) in [7, 11) is 0. The predicted molar refractivity (Wildman–Crippen MR) is 84.1 cm³/mol. The van der Waals surface area contributed by atoms with Gasteiger partial charge in [0.15, 0.2) is 0 Å². The lowest BCUT2D eigenvalue weighted by Gasteiger charge is -2.39. The number of halogens is 1. The maximum atomic E-state index is 13.9. The monoisotopic (exact) mass is 319 g/mol. The van der Waals surface area contributed by atoms with Crippen LogP contribution in [0.2, 0.25) is 0 Å². The Kier molecular flexibility index (Phi) is 4.61. The summed E-state index contributed by atoms with van der Waals surface area (Å²) in [6, 6.07) is 6.45. The van der Waals surface area contributed by atoms with Gasteiger partial charge in [0.05, 0.1) is 0 Å². The number of hydrogen-bond donors (Lipinski definition) is 1. The number of benzene rings is 1. The van der Waals surface area contributed by atoms with Crippen LogP contribution in [0.4, 0.5) is 4.39 Å². The van der Waals surface area contributed by atoms with Crippen LogP contribution < -0.4 is 5.32 Å². The van der Waals surface area contributed by atoms with Crippen LogP contribution in [0.5, 0.6) is 0 Å². The molecule has 2 fully saturated rings. The molecule has 0 unspecified atom stereocenters. The van der Waals surface area contributed by atoms with Gasteiger partial charge in [0.2, 0.25) is 11.8 Å². The third-order valence-corrected chi connectivity index (χ3v) is 4.82. The number of nitrogens with zero attached hydrogens (tertiary/aromatic N) is 2. The quantitative estimate of drug-likeness (QED) is 0.914. The van der Waals surface area contributed by atoms with Gasteiger partial charge in [0.1, 0.15) is 11.9 Å². The number of hydrogen-bond acceptors (Lipinski definition) is 3. The van der Waals surface area contributed by atoms with Crippen LogP contribution in [0.1, 0.15) is 31.4 Å². The van der Waals surface area contributed by atoms with Crippen LogP contribution in [0, 0.1) is 5.82 Å². The van der Waals surface area contributed by atoms with Crippen molar-refractivity contribution >= 4 is 11.8 Å². The fraction of sp³-hybridized carbons (Fsp3) is 0.529. The molecule has 2 aliphatic rings. The lowest BCUT2D eigenvalue weighted by atomic mass is 10.1. The number of carbonyl (C=O) groups is 2. The largest absolute Gasteiger partial charge is 0.344 e. The van der Waals surface area contributed by atoms with Crippen LogP contribution in [0.3, 0.4) is 0 Å². The number of nitrogens with one attached hydrogen (secondary N) is 1. The van der Waals surface area contributed by atoms with Crippen LogP contribution in [0.15, 0.2) is 24.3 Å². The van der Waals surface area contributed by atoms with E-state index in [1.165, 1.54) is 6.07 Å². The van der Waals surface area contributed by atoms with Crippen molar-refractivity contribution in [3.63, 3.8) is 0 Å². The summed E-state index contributed by atoms with van der Waals surface area (Å²) in [6.45, 7) is 4.64. The molecule has 0 aromatic heterocycles. The summed E-state index contributed by atoms with van der Waals surface area (Å²) in [4.78, 5) is 27.6. The molecule has 5 nitrogen and oxygen atoms in total. The highest BCUT2D eigenvalue weighted by Gasteiger charge is 2.33. The molecule has 0 aliphatic carbocycles. The third-order valence-electron chi connectivity index (χ3n) is 4.82. The molecule has 0 saturated carbocycles. The molecule has 2 aliphatic heterocycles. The van der Waals surface area contributed by atoms with E-state index < -0.39 is 0 Å². The van der Waals surface area contributed by atoms with Crippen molar-refractivity contribution < 1.29 is 14.0 Å². The van der Waals surface area contributed by atoms with Gasteiger partial charge in [-0.2, -0.15) is 0 Å². The SMILES string of the molecule is C[C@@H](c1ccccc1F)N1CCN(C(=O)[C@@H]2CCC(=O)N2)CC1. The van der Waals surface area contributed by atoms with E-state index in [1.54, 1.807) is 11.0 Å². The van der Waals surface area contributed by atoms with Crippen molar-refractivity contribution in [2.75, 3.05) is 26.2 Å². The molecule has 23 heavy (non-hydrogen) atoms. The van der Waals surface area contributed by atoms with E-state index in [0.29, 0.717) is 44.6 Å². The minimum absolute atomic E-state index is 0.00837. The minimum atomic E-state index is -0.363. The number of piperazine rings is 1. The summed E-state index contributed by atoms with van der Waals surface area (Å²) in [5.74, 6) is -0.226. The number of amides is 2. The molecule has 3 rings (SSSR count). The lowest BCUT2D eigenvalue weighted by Crippen LogP contribution is -2.53. The molecule has 1 aromatic rings. The van der Waals surface area contributed by atoms with Crippen molar-refractivity contribution in [2.45, 2.75) is 31.8 Å². The third kappa shape index (κ3) is 3.37. The molecule has 124 valence electrons. The molecule has 1 N–H and O–H groups in total. The fourth-order valence-corrected chi connectivity index (χ4v) is 3.36. The Bertz CT molecular complexity index is 599. The van der Waals surface area contributed by atoms with Crippen LogP contribution in [-0.2, 0) is 9.59 Å². The van der Waals surface area contributed by atoms with Gasteiger partial charge in [-0.1, -0.05) is 18.2 Å². The van der Waals surface area contributed by atoms with Crippen molar-refractivity contribution in [3.05, 3.63) is 35.6 Å². The Labute approximate surface area is 135 Å². The van der Waals surface area contributed by atoms with Crippen molar-refractivity contribution in [1.82, 2.24) is 15.1 Å². The highest BCUT2D eigenvalue weighted by Crippen LogP contribution is 2.24. The maximum Gasteiger partial charge on any atom is 0.245 e. The normalized spacial score (nSPS) is 23.7. The molecule has 1 aromatic carbocycles. The fourth-order valence-electron chi connectivity index (χ4n) is 3.36. The molecular weight excluding hydrogens is 297 g/mol. The zero-order valence-electron chi connectivity index (χ0n) is 13.3. The number of rotatable bonds is 3. The first-order valence-corrected chi connectivity index (χ1v) is 8.13. The highest BCUT2D eigenvalue weighted by molar-refractivity contribution is 5.90. The Hall–Kier alpha value is -1.95. The predicted octanol–water partition coefficient (Wildman–Crippen LogP) is 1.31. The summed E-state index contributed by atoms with van der Waals surface area (Å²) >= 11 is 0. The second-order valence-electron chi connectivity index (χ2n) is 6.22. The first kappa shape index (κ1) is 15.9. The smallest absolute Gasteiger partial charge is 0.245 e. The van der Waals surface area contributed by atoms with Gasteiger partial charge in [0, 0.05) is 44.2 Å². The molecule has 2 atom stereocenters. The van der Waals surface area contributed by atoms with E-state index in [0.717, 1.165) is 0 Å². The van der Waals surface area contributed by atoms with Gasteiger partial charge in [-0.3, -0.25) is 14.5 Å². The Balaban J connectivity index is 1.57. The van der Waals surface area contributed by atoms with Gasteiger partial charge in [0.25, 0.3) is 0 Å². The van der Waals surface area contributed by atoms with E-state index in [2.05, 4.69) is 10.2 Å². The average Bonchev–Trinajstić information content (AvgIpc) is 3.01. The highest BCUT2D eigenvalue weighted by atomic mass is 19.1. The van der Waals surface area contributed by atoms with E-state index in [-0.39, 0.29) is 29.7 Å². The van der Waals surface area contributed by atoms with Crippen LogP contribution in [0.25, 0.3) is 0 Å². The molecule has 2 saturated heterocycles. The molecule has 6 heteroatoms. The van der Waals surface area contributed by atoms with E-state index in [9.17, 15) is 14.0 Å². The second kappa shape index (κ2) is 6.66.